The van der Waals surface area contributed by atoms with E-state index in [1.165, 1.54) is 17.2 Å². The van der Waals surface area contributed by atoms with Crippen molar-refractivity contribution in [2.45, 2.75) is 37.6 Å². The molecule has 1 aliphatic carbocycles. The molecule has 2 saturated heterocycles. The first-order valence-electron chi connectivity index (χ1n) is 11.1. The number of carbonyl (C=O) groups is 2. The number of rotatable bonds is 3. The molecule has 31 heavy (non-hydrogen) atoms. The van der Waals surface area contributed by atoms with Crippen LogP contribution in [0.1, 0.15) is 42.4 Å². The third kappa shape index (κ3) is 3.67. The van der Waals surface area contributed by atoms with E-state index in [4.69, 9.17) is 0 Å². The summed E-state index contributed by atoms with van der Waals surface area (Å²) >= 11 is 0. The van der Waals surface area contributed by atoms with Crippen molar-refractivity contribution in [1.29, 1.82) is 0 Å². The molecular formula is C26H27FN2O2. The standard InChI is InChI=1S/C26H27FN2O2/c27-23-8-4-2-6-20(23)17-29-18-21(9-10-24(29)30)25(31)28-15-13-26(14-16-28)12-11-19-5-1-3-7-22(19)26/h1-8,11-12,21H,9-10,13-18H2. The molecule has 0 bridgehead atoms. The van der Waals surface area contributed by atoms with Gasteiger partial charge in [0.05, 0.1) is 5.92 Å². The van der Waals surface area contributed by atoms with Crippen LogP contribution >= 0.6 is 0 Å². The normalized spacial score (nSPS) is 22.1. The van der Waals surface area contributed by atoms with E-state index in [1.807, 2.05) is 4.90 Å². The molecule has 1 atom stereocenters. The average Bonchev–Trinajstić information content (AvgIpc) is 3.15. The topological polar surface area (TPSA) is 40.6 Å². The minimum Gasteiger partial charge on any atom is -0.342 e. The Morgan fingerprint density at radius 1 is 1.06 bits per heavy atom. The van der Waals surface area contributed by atoms with Gasteiger partial charge in [0.25, 0.3) is 0 Å². The predicted molar refractivity (Wildman–Crippen MR) is 118 cm³/mol. The summed E-state index contributed by atoms with van der Waals surface area (Å²) in [5.74, 6) is -0.381. The first-order valence-corrected chi connectivity index (χ1v) is 11.1. The molecule has 1 spiro atoms. The number of nitrogens with zero attached hydrogens (tertiary/aromatic N) is 2. The Morgan fingerprint density at radius 3 is 2.61 bits per heavy atom. The number of fused-ring (bicyclic) bond motifs is 2. The van der Waals surface area contributed by atoms with E-state index < -0.39 is 0 Å². The highest BCUT2D eigenvalue weighted by atomic mass is 19.1. The van der Waals surface area contributed by atoms with E-state index in [0.717, 1.165) is 25.9 Å². The van der Waals surface area contributed by atoms with E-state index in [9.17, 15) is 14.0 Å². The van der Waals surface area contributed by atoms with Crippen LogP contribution < -0.4 is 0 Å². The first-order chi connectivity index (χ1) is 15.1. The number of benzene rings is 2. The fraction of sp³-hybridized carbons (Fsp3) is 0.385. The second kappa shape index (κ2) is 7.95. The molecule has 5 rings (SSSR count). The average molecular weight is 419 g/mol. The molecule has 0 aromatic heterocycles. The predicted octanol–water partition coefficient (Wildman–Crippen LogP) is 4.15. The van der Waals surface area contributed by atoms with E-state index in [1.54, 1.807) is 23.1 Å². The van der Waals surface area contributed by atoms with Gasteiger partial charge in [-0.05, 0) is 36.5 Å². The van der Waals surface area contributed by atoms with Crippen molar-refractivity contribution >= 4 is 17.9 Å². The number of allylic oxidation sites excluding steroid dienone is 1. The fourth-order valence-electron chi connectivity index (χ4n) is 5.36. The van der Waals surface area contributed by atoms with Crippen molar-refractivity contribution in [3.8, 4) is 0 Å². The molecule has 0 N–H and O–H groups in total. The van der Waals surface area contributed by atoms with Gasteiger partial charge in [0, 0.05) is 43.6 Å². The third-order valence-corrected chi connectivity index (χ3v) is 7.21. The molecule has 5 heteroatoms. The lowest BCUT2D eigenvalue weighted by Gasteiger charge is -2.41. The van der Waals surface area contributed by atoms with Crippen LogP contribution in [0.3, 0.4) is 0 Å². The number of hydrogen-bond acceptors (Lipinski definition) is 2. The second-order valence-electron chi connectivity index (χ2n) is 9.00. The van der Waals surface area contributed by atoms with Gasteiger partial charge in [-0.3, -0.25) is 9.59 Å². The number of amides is 2. The molecule has 0 radical (unpaired) electrons. The molecule has 4 nitrogen and oxygen atoms in total. The maximum Gasteiger partial charge on any atom is 0.227 e. The summed E-state index contributed by atoms with van der Waals surface area (Å²) in [6.07, 6.45) is 7.30. The zero-order valence-corrected chi connectivity index (χ0v) is 17.6. The van der Waals surface area contributed by atoms with Crippen LogP contribution in [-0.2, 0) is 21.5 Å². The lowest BCUT2D eigenvalue weighted by Crippen LogP contribution is -2.50. The van der Waals surface area contributed by atoms with Crippen molar-refractivity contribution in [3.63, 3.8) is 0 Å². The van der Waals surface area contributed by atoms with Crippen LogP contribution in [0.25, 0.3) is 6.08 Å². The molecule has 2 amide bonds. The number of halogens is 1. The van der Waals surface area contributed by atoms with Gasteiger partial charge in [-0.25, -0.2) is 4.39 Å². The monoisotopic (exact) mass is 418 g/mol. The van der Waals surface area contributed by atoms with Crippen molar-refractivity contribution in [1.82, 2.24) is 9.80 Å². The Morgan fingerprint density at radius 2 is 1.81 bits per heavy atom. The summed E-state index contributed by atoms with van der Waals surface area (Å²) < 4.78 is 14.1. The Bertz CT molecular complexity index is 1040. The highest BCUT2D eigenvalue weighted by Crippen LogP contribution is 2.43. The molecule has 0 saturated carbocycles. The minimum absolute atomic E-state index is 0.00222. The van der Waals surface area contributed by atoms with Gasteiger partial charge in [-0.2, -0.15) is 0 Å². The smallest absolute Gasteiger partial charge is 0.227 e. The van der Waals surface area contributed by atoms with Crippen LogP contribution in [0, 0.1) is 11.7 Å². The second-order valence-corrected chi connectivity index (χ2v) is 9.00. The van der Waals surface area contributed by atoms with E-state index in [0.29, 0.717) is 24.9 Å². The van der Waals surface area contributed by atoms with Crippen molar-refractivity contribution in [2.75, 3.05) is 19.6 Å². The summed E-state index contributed by atoms with van der Waals surface area (Å²) in [5.41, 5.74) is 3.21. The van der Waals surface area contributed by atoms with Gasteiger partial charge >= 0.3 is 0 Å². The van der Waals surface area contributed by atoms with Crippen molar-refractivity contribution in [3.05, 3.63) is 77.1 Å². The number of likely N-dealkylation sites (tertiary alicyclic amines) is 2. The quantitative estimate of drug-likeness (QED) is 0.751. The maximum absolute atomic E-state index is 14.1. The third-order valence-electron chi connectivity index (χ3n) is 7.21. The van der Waals surface area contributed by atoms with Crippen LogP contribution in [0.2, 0.25) is 0 Å². The molecule has 2 aliphatic heterocycles. The lowest BCUT2D eigenvalue weighted by molar-refractivity contribution is -0.144. The lowest BCUT2D eigenvalue weighted by atomic mass is 9.74. The van der Waals surface area contributed by atoms with E-state index >= 15 is 0 Å². The van der Waals surface area contributed by atoms with E-state index in [2.05, 4.69) is 36.4 Å². The summed E-state index contributed by atoms with van der Waals surface area (Å²) in [6.45, 7) is 2.06. The zero-order chi connectivity index (χ0) is 21.4. The molecule has 3 aliphatic rings. The van der Waals surface area contributed by atoms with Crippen LogP contribution in [-0.4, -0.2) is 41.2 Å². The Kier molecular flexibility index (Phi) is 5.12. The molecule has 2 aromatic rings. The zero-order valence-electron chi connectivity index (χ0n) is 17.6. The van der Waals surface area contributed by atoms with Crippen LogP contribution in [0.4, 0.5) is 4.39 Å². The van der Waals surface area contributed by atoms with Crippen LogP contribution in [0.5, 0.6) is 0 Å². The van der Waals surface area contributed by atoms with Gasteiger partial charge in [0.2, 0.25) is 11.8 Å². The molecule has 1 unspecified atom stereocenters. The fourth-order valence-corrected chi connectivity index (χ4v) is 5.36. The highest BCUT2D eigenvalue weighted by Gasteiger charge is 2.41. The molecule has 2 fully saturated rings. The number of hydrogen-bond donors (Lipinski definition) is 0. The molecule has 2 heterocycles. The van der Waals surface area contributed by atoms with Gasteiger partial charge in [0.15, 0.2) is 0 Å². The number of piperidine rings is 2. The molecule has 160 valence electrons. The maximum atomic E-state index is 14.1. The highest BCUT2D eigenvalue weighted by molar-refractivity contribution is 5.84. The van der Waals surface area contributed by atoms with Crippen molar-refractivity contribution < 1.29 is 14.0 Å². The van der Waals surface area contributed by atoms with Gasteiger partial charge in [-0.1, -0.05) is 54.6 Å². The van der Waals surface area contributed by atoms with Crippen LogP contribution in [0.15, 0.2) is 54.6 Å². The first kappa shape index (κ1) is 20.0. The Balaban J connectivity index is 1.23. The number of carbonyl (C=O) groups excluding carboxylic acids is 2. The summed E-state index contributed by atoms with van der Waals surface area (Å²) in [5, 5.41) is 0. The molecular weight excluding hydrogens is 391 g/mol. The van der Waals surface area contributed by atoms with Gasteiger partial charge in [-0.15, -0.1) is 0 Å². The van der Waals surface area contributed by atoms with E-state index in [-0.39, 0.29) is 35.5 Å². The summed E-state index contributed by atoms with van der Waals surface area (Å²) in [6, 6.07) is 15.0. The van der Waals surface area contributed by atoms with Gasteiger partial charge < -0.3 is 9.80 Å². The minimum atomic E-state index is -0.310. The van der Waals surface area contributed by atoms with Crippen molar-refractivity contribution in [2.24, 2.45) is 5.92 Å². The summed E-state index contributed by atoms with van der Waals surface area (Å²) in [4.78, 5) is 29.3. The SMILES string of the molecule is O=C1CCC(C(=O)N2CCC3(C=Cc4ccccc43)CC2)CN1Cc1ccccc1F. The Hall–Kier alpha value is -2.95. The Labute approximate surface area is 182 Å². The largest absolute Gasteiger partial charge is 0.342 e. The molecule has 2 aromatic carbocycles. The van der Waals surface area contributed by atoms with Gasteiger partial charge in [0.1, 0.15) is 5.82 Å². The summed E-state index contributed by atoms with van der Waals surface area (Å²) in [7, 11) is 0.